The summed E-state index contributed by atoms with van der Waals surface area (Å²) >= 11 is 0. The summed E-state index contributed by atoms with van der Waals surface area (Å²) in [5, 5.41) is 0. The summed E-state index contributed by atoms with van der Waals surface area (Å²) in [4.78, 5) is 36.3. The number of piperidine rings is 1. The van der Waals surface area contributed by atoms with Gasteiger partial charge in [0.2, 0.25) is 5.91 Å². The van der Waals surface area contributed by atoms with Gasteiger partial charge in [0.25, 0.3) is 5.91 Å². The third-order valence-electron chi connectivity index (χ3n) is 6.71. The van der Waals surface area contributed by atoms with Crippen molar-refractivity contribution in [2.45, 2.75) is 46.1 Å². The first kappa shape index (κ1) is 21.6. The summed E-state index contributed by atoms with van der Waals surface area (Å²) in [6.45, 7) is 10.3. The number of hydrogen-bond donors (Lipinski definition) is 0. The fraction of sp³-hybridized carbons (Fsp3) is 0.542. The van der Waals surface area contributed by atoms with Gasteiger partial charge in [0.1, 0.15) is 0 Å². The van der Waals surface area contributed by atoms with E-state index >= 15 is 0 Å². The molecule has 4 heterocycles. The molecule has 7 nitrogen and oxygen atoms in total. The Hall–Kier alpha value is -2.67. The zero-order valence-electron chi connectivity index (χ0n) is 18.9. The highest BCUT2D eigenvalue weighted by atomic mass is 16.2. The van der Waals surface area contributed by atoms with E-state index < -0.39 is 0 Å². The van der Waals surface area contributed by atoms with E-state index in [0.29, 0.717) is 25.7 Å². The van der Waals surface area contributed by atoms with Crippen LogP contribution in [-0.4, -0.2) is 81.4 Å². The monoisotopic (exact) mass is 423 g/mol. The number of likely N-dealkylation sites (tertiary alicyclic amines) is 1. The van der Waals surface area contributed by atoms with Crippen LogP contribution in [0, 0.1) is 13.8 Å². The van der Waals surface area contributed by atoms with Gasteiger partial charge in [-0.3, -0.25) is 19.5 Å². The normalized spacial score (nSPS) is 20.2. The first-order chi connectivity index (χ1) is 15.0. The number of aromatic nitrogens is 2. The van der Waals surface area contributed by atoms with Crippen molar-refractivity contribution in [3.8, 4) is 5.69 Å². The van der Waals surface area contributed by atoms with Gasteiger partial charge < -0.3 is 14.4 Å². The summed E-state index contributed by atoms with van der Waals surface area (Å²) in [5.74, 6) is 0.297. The van der Waals surface area contributed by atoms with Crippen LogP contribution in [-0.2, 0) is 4.79 Å². The Labute approximate surface area is 184 Å². The molecule has 0 spiro atoms. The number of carbonyl (C=O) groups excluding carboxylic acids is 2. The molecular formula is C24H33N5O2. The summed E-state index contributed by atoms with van der Waals surface area (Å²) in [6.07, 6.45) is 6.99. The molecule has 0 bridgehead atoms. The fourth-order valence-electron chi connectivity index (χ4n) is 4.89. The van der Waals surface area contributed by atoms with Gasteiger partial charge >= 0.3 is 0 Å². The summed E-state index contributed by atoms with van der Waals surface area (Å²) in [7, 11) is 0. The SMILES string of the molecule is Cc1cc(C(=O)N2CCN(CC(=O)N3CCCCC3C)CC2)c(C)n1-c1cccnc1. The smallest absolute Gasteiger partial charge is 0.255 e. The second-order valence-corrected chi connectivity index (χ2v) is 8.83. The van der Waals surface area contributed by atoms with E-state index in [0.717, 1.165) is 55.1 Å². The van der Waals surface area contributed by atoms with E-state index in [1.54, 1.807) is 6.20 Å². The van der Waals surface area contributed by atoms with Crippen molar-refractivity contribution in [3.05, 3.63) is 47.5 Å². The summed E-state index contributed by atoms with van der Waals surface area (Å²) < 4.78 is 2.08. The molecule has 2 aromatic rings. The zero-order valence-corrected chi connectivity index (χ0v) is 18.9. The number of piperazine rings is 1. The van der Waals surface area contributed by atoms with Crippen molar-refractivity contribution in [1.82, 2.24) is 24.3 Å². The third-order valence-corrected chi connectivity index (χ3v) is 6.71. The van der Waals surface area contributed by atoms with Gasteiger partial charge in [-0.1, -0.05) is 0 Å². The average molecular weight is 424 g/mol. The molecule has 0 N–H and O–H groups in total. The predicted molar refractivity (Wildman–Crippen MR) is 120 cm³/mol. The Morgan fingerprint density at radius 3 is 2.55 bits per heavy atom. The first-order valence-corrected chi connectivity index (χ1v) is 11.4. The average Bonchev–Trinajstić information content (AvgIpc) is 3.08. The van der Waals surface area contributed by atoms with Crippen LogP contribution in [0.25, 0.3) is 5.69 Å². The topological polar surface area (TPSA) is 61.7 Å². The van der Waals surface area contributed by atoms with Gasteiger partial charge in [0.15, 0.2) is 0 Å². The lowest BCUT2D eigenvalue weighted by Crippen LogP contribution is -2.53. The Balaban J connectivity index is 1.37. The highest BCUT2D eigenvalue weighted by Gasteiger charge is 2.29. The van der Waals surface area contributed by atoms with Crippen molar-refractivity contribution in [2.75, 3.05) is 39.3 Å². The van der Waals surface area contributed by atoms with Crippen molar-refractivity contribution in [2.24, 2.45) is 0 Å². The van der Waals surface area contributed by atoms with Gasteiger partial charge in [-0.2, -0.15) is 0 Å². The molecule has 2 aliphatic rings. The molecule has 0 aliphatic carbocycles. The van der Waals surface area contributed by atoms with Crippen LogP contribution >= 0.6 is 0 Å². The van der Waals surface area contributed by atoms with Crippen LogP contribution in [0.5, 0.6) is 0 Å². The minimum Gasteiger partial charge on any atom is -0.339 e. The van der Waals surface area contributed by atoms with Gasteiger partial charge in [-0.15, -0.1) is 0 Å². The lowest BCUT2D eigenvalue weighted by Gasteiger charge is -2.38. The number of hydrogen-bond acceptors (Lipinski definition) is 4. The van der Waals surface area contributed by atoms with Crippen molar-refractivity contribution >= 4 is 11.8 Å². The van der Waals surface area contributed by atoms with Gasteiger partial charge in [0.05, 0.1) is 24.0 Å². The lowest BCUT2D eigenvalue weighted by atomic mass is 10.0. The molecule has 166 valence electrons. The highest BCUT2D eigenvalue weighted by molar-refractivity contribution is 5.96. The zero-order chi connectivity index (χ0) is 22.0. The summed E-state index contributed by atoms with van der Waals surface area (Å²) in [5.41, 5.74) is 3.67. The Morgan fingerprint density at radius 2 is 1.87 bits per heavy atom. The standard InChI is InChI=1S/C24H33N5O2/c1-18-7-4-5-10-28(18)23(30)17-26-11-13-27(14-12-26)24(31)22-15-19(2)29(20(22)3)21-8-6-9-25-16-21/h6,8-9,15-16,18H,4-5,7,10-14,17H2,1-3H3. The second kappa shape index (κ2) is 9.22. The Kier molecular flexibility index (Phi) is 6.41. The molecule has 0 aromatic carbocycles. The Bertz CT molecular complexity index is 931. The lowest BCUT2D eigenvalue weighted by molar-refractivity contribution is -0.136. The van der Waals surface area contributed by atoms with Crippen LogP contribution in [0.4, 0.5) is 0 Å². The number of aryl methyl sites for hydroxylation is 1. The van der Waals surface area contributed by atoms with E-state index in [2.05, 4.69) is 21.4 Å². The van der Waals surface area contributed by atoms with Crippen LogP contribution in [0.1, 0.15) is 47.9 Å². The summed E-state index contributed by atoms with van der Waals surface area (Å²) in [6, 6.07) is 6.22. The fourth-order valence-corrected chi connectivity index (χ4v) is 4.89. The van der Waals surface area contributed by atoms with Crippen LogP contribution in [0.2, 0.25) is 0 Å². The van der Waals surface area contributed by atoms with Gasteiger partial charge in [-0.05, 0) is 58.2 Å². The maximum absolute atomic E-state index is 13.2. The van der Waals surface area contributed by atoms with Gasteiger partial charge in [-0.25, -0.2) is 0 Å². The molecule has 2 fully saturated rings. The van der Waals surface area contributed by atoms with Crippen molar-refractivity contribution in [3.63, 3.8) is 0 Å². The molecule has 0 radical (unpaired) electrons. The third kappa shape index (κ3) is 4.51. The van der Waals surface area contributed by atoms with Crippen LogP contribution in [0.3, 0.4) is 0 Å². The van der Waals surface area contributed by atoms with E-state index in [-0.39, 0.29) is 11.8 Å². The van der Waals surface area contributed by atoms with E-state index in [9.17, 15) is 9.59 Å². The van der Waals surface area contributed by atoms with Crippen molar-refractivity contribution in [1.29, 1.82) is 0 Å². The van der Waals surface area contributed by atoms with E-state index in [4.69, 9.17) is 0 Å². The highest BCUT2D eigenvalue weighted by Crippen LogP contribution is 2.22. The molecule has 2 aromatic heterocycles. The quantitative estimate of drug-likeness (QED) is 0.759. The molecule has 1 unspecified atom stereocenters. The van der Waals surface area contributed by atoms with Crippen molar-refractivity contribution < 1.29 is 9.59 Å². The van der Waals surface area contributed by atoms with E-state index in [1.165, 1.54) is 6.42 Å². The molecule has 4 rings (SSSR count). The minimum atomic E-state index is 0.0684. The minimum absolute atomic E-state index is 0.0684. The van der Waals surface area contributed by atoms with Gasteiger partial charge in [0, 0.05) is 56.4 Å². The molecule has 2 saturated heterocycles. The number of amides is 2. The number of pyridine rings is 1. The maximum Gasteiger partial charge on any atom is 0.255 e. The molecule has 7 heteroatoms. The van der Waals surface area contributed by atoms with Crippen LogP contribution < -0.4 is 0 Å². The number of nitrogens with zero attached hydrogens (tertiary/aromatic N) is 5. The molecule has 2 amide bonds. The molecule has 1 atom stereocenters. The predicted octanol–water partition coefficient (Wildman–Crippen LogP) is 2.65. The number of rotatable bonds is 4. The molecule has 2 aliphatic heterocycles. The first-order valence-electron chi connectivity index (χ1n) is 11.4. The molecule has 31 heavy (non-hydrogen) atoms. The molecule has 0 saturated carbocycles. The maximum atomic E-state index is 13.2. The Morgan fingerprint density at radius 1 is 1.10 bits per heavy atom. The molecular weight excluding hydrogens is 390 g/mol. The van der Waals surface area contributed by atoms with E-state index in [1.807, 2.05) is 48.0 Å². The largest absolute Gasteiger partial charge is 0.339 e. The number of carbonyl (C=O) groups is 2. The van der Waals surface area contributed by atoms with Crippen LogP contribution in [0.15, 0.2) is 30.6 Å². The second-order valence-electron chi connectivity index (χ2n) is 8.83.